The lowest BCUT2D eigenvalue weighted by Gasteiger charge is -2.50. The maximum atomic E-state index is 12.7. The number of rotatable bonds is 6. The van der Waals surface area contributed by atoms with Gasteiger partial charge in [-0.25, -0.2) is 0 Å². The van der Waals surface area contributed by atoms with Crippen molar-refractivity contribution in [2.75, 3.05) is 0 Å². The van der Waals surface area contributed by atoms with E-state index >= 15 is 0 Å². The second-order valence-corrected chi connectivity index (χ2v) is 14.6. The monoisotopic (exact) mass is 419 g/mol. The molecule has 0 radical (unpaired) electrons. The first kappa shape index (κ1) is 22.2. The fourth-order valence-electron chi connectivity index (χ4n) is 3.72. The van der Waals surface area contributed by atoms with Gasteiger partial charge in [0.1, 0.15) is 6.54 Å². The molecule has 152 valence electrons. The van der Waals surface area contributed by atoms with Gasteiger partial charge in [-0.15, -0.1) is 0 Å². The molecule has 27 heavy (non-hydrogen) atoms. The molecule has 1 aromatic carbocycles. The van der Waals surface area contributed by atoms with Crippen LogP contribution in [0.1, 0.15) is 41.5 Å². The molecule has 2 rings (SSSR count). The first-order chi connectivity index (χ1) is 12.4. The molecular weight excluding hydrogens is 391 g/mol. The summed E-state index contributed by atoms with van der Waals surface area (Å²) in [4.78, 5) is 13.5. The number of aromatic nitrogens is 1. The van der Waals surface area contributed by atoms with Crippen molar-refractivity contribution in [2.45, 2.75) is 74.9 Å². The summed E-state index contributed by atoms with van der Waals surface area (Å²) in [5.74, 6) is 0. The molecule has 0 atom stereocenters. The molecule has 1 aromatic heterocycles. The minimum Gasteiger partial charge on any atom is -0.306 e. The van der Waals surface area contributed by atoms with Gasteiger partial charge >= 0.3 is 6.18 Å². The first-order valence-electron chi connectivity index (χ1n) is 9.07. The molecular formula is C20H28F3NOS2. The summed E-state index contributed by atoms with van der Waals surface area (Å²) in [6.07, 6.45) is -3.20. The largest absolute Gasteiger partial charge is 0.406 e. The van der Waals surface area contributed by atoms with Gasteiger partial charge in [0.25, 0.3) is 5.56 Å². The molecule has 0 unspecified atom stereocenters. The summed E-state index contributed by atoms with van der Waals surface area (Å²) in [6.45, 7) is 12.1. The van der Waals surface area contributed by atoms with Gasteiger partial charge in [-0.3, -0.25) is 4.79 Å². The van der Waals surface area contributed by atoms with E-state index in [1.165, 1.54) is 6.20 Å². The predicted molar refractivity (Wildman–Crippen MR) is 113 cm³/mol. The van der Waals surface area contributed by atoms with Crippen LogP contribution in [0.4, 0.5) is 13.2 Å². The third-order valence-electron chi connectivity index (χ3n) is 4.75. The standard InChI is InChI=1S/C20H28F3NOS2/c1-13(2)27(14(3)4,15(5)6)26-17-8-7-16-9-10-24(12-20(21,22)23)19(25)18(16)11-17/h7-11,13-15H,12H2,1-6H3. The number of fused-ring (bicyclic) bond motifs is 1. The number of halogens is 3. The fraction of sp³-hybridized carbons (Fsp3) is 0.550. The summed E-state index contributed by atoms with van der Waals surface area (Å²) in [6, 6.07) is 7.16. The van der Waals surface area contributed by atoms with Gasteiger partial charge in [-0.1, -0.05) is 58.4 Å². The summed E-state index contributed by atoms with van der Waals surface area (Å²) in [5.41, 5.74) is -0.591. The van der Waals surface area contributed by atoms with Crippen LogP contribution in [0.25, 0.3) is 10.8 Å². The van der Waals surface area contributed by atoms with E-state index in [4.69, 9.17) is 0 Å². The number of hydrogen-bond donors (Lipinski definition) is 0. The molecule has 0 aliphatic carbocycles. The van der Waals surface area contributed by atoms with E-state index in [9.17, 15) is 18.0 Å². The van der Waals surface area contributed by atoms with Gasteiger partial charge in [0, 0.05) is 16.5 Å². The topological polar surface area (TPSA) is 22.0 Å². The zero-order chi connectivity index (χ0) is 20.6. The SMILES string of the molecule is CC(C)S(Sc1ccc2ccn(CC(F)(F)F)c(=O)c2c1)(C(C)C)C(C)C. The van der Waals surface area contributed by atoms with Crippen LogP contribution in [0.15, 0.2) is 40.2 Å². The highest BCUT2D eigenvalue weighted by molar-refractivity contribution is 8.94. The van der Waals surface area contributed by atoms with Crippen molar-refractivity contribution in [3.05, 3.63) is 40.8 Å². The Balaban J connectivity index is 2.54. The molecule has 0 amide bonds. The second kappa shape index (κ2) is 8.11. The van der Waals surface area contributed by atoms with Crippen molar-refractivity contribution >= 4 is 30.6 Å². The molecule has 1 heterocycles. The molecule has 0 saturated heterocycles. The lowest BCUT2D eigenvalue weighted by molar-refractivity contribution is -0.141. The summed E-state index contributed by atoms with van der Waals surface area (Å²) in [7, 11) is 0.724. The zero-order valence-corrected chi connectivity index (χ0v) is 18.3. The highest BCUT2D eigenvalue weighted by Crippen LogP contribution is 2.71. The van der Waals surface area contributed by atoms with Crippen LogP contribution < -0.4 is 5.56 Å². The zero-order valence-electron chi connectivity index (χ0n) is 16.6. The molecule has 2 aromatic rings. The average Bonchev–Trinajstić information content (AvgIpc) is 2.53. The van der Waals surface area contributed by atoms with Gasteiger partial charge in [0.05, 0.1) is 0 Å². The van der Waals surface area contributed by atoms with Gasteiger partial charge in [0.2, 0.25) is 0 Å². The van der Waals surface area contributed by atoms with Gasteiger partial charge in [0.15, 0.2) is 0 Å². The molecule has 0 aliphatic rings. The minimum absolute atomic E-state index is 0.344. The Bertz CT molecular complexity index is 835. The third-order valence-corrected chi connectivity index (χ3v) is 14.8. The molecule has 0 aliphatic heterocycles. The number of alkyl halides is 3. The Morgan fingerprint density at radius 1 is 1.00 bits per heavy atom. The van der Waals surface area contributed by atoms with Crippen LogP contribution >= 0.6 is 19.9 Å². The Morgan fingerprint density at radius 3 is 2.04 bits per heavy atom. The molecule has 0 bridgehead atoms. The van der Waals surface area contributed by atoms with Crippen molar-refractivity contribution in [3.63, 3.8) is 0 Å². The Kier molecular flexibility index (Phi) is 6.67. The third kappa shape index (κ3) is 4.67. The van der Waals surface area contributed by atoms with Crippen molar-refractivity contribution < 1.29 is 13.2 Å². The van der Waals surface area contributed by atoms with Crippen molar-refractivity contribution in [1.29, 1.82) is 0 Å². The van der Waals surface area contributed by atoms with E-state index in [2.05, 4.69) is 41.5 Å². The predicted octanol–water partition coefficient (Wildman–Crippen LogP) is 6.60. The molecule has 7 heteroatoms. The number of nitrogens with zero attached hydrogens (tertiary/aromatic N) is 1. The normalized spacial score (nSPS) is 13.9. The van der Waals surface area contributed by atoms with Gasteiger partial charge < -0.3 is 4.57 Å². The van der Waals surface area contributed by atoms with E-state index in [1.807, 2.05) is 22.9 Å². The van der Waals surface area contributed by atoms with E-state index in [0.717, 1.165) is 9.46 Å². The molecule has 0 saturated carbocycles. The highest BCUT2D eigenvalue weighted by Gasteiger charge is 2.36. The number of benzene rings is 1. The number of pyridine rings is 1. The molecule has 2 nitrogen and oxygen atoms in total. The summed E-state index contributed by atoms with van der Waals surface area (Å²) >= 11 is 0. The number of hydrogen-bond acceptors (Lipinski definition) is 2. The Labute approximate surface area is 164 Å². The van der Waals surface area contributed by atoms with Crippen molar-refractivity contribution in [1.82, 2.24) is 4.57 Å². The fourth-order valence-corrected chi connectivity index (χ4v) is 11.2. The van der Waals surface area contributed by atoms with Crippen LogP contribution in [0.3, 0.4) is 0 Å². The van der Waals surface area contributed by atoms with E-state index in [0.29, 0.717) is 26.5 Å². The maximum Gasteiger partial charge on any atom is 0.406 e. The average molecular weight is 420 g/mol. The summed E-state index contributed by atoms with van der Waals surface area (Å²) < 4.78 is 38.9. The van der Waals surface area contributed by atoms with Crippen LogP contribution in [0, 0.1) is 0 Å². The van der Waals surface area contributed by atoms with Crippen LogP contribution in [0.2, 0.25) is 0 Å². The molecule has 0 fully saturated rings. The van der Waals surface area contributed by atoms with Crippen molar-refractivity contribution in [3.8, 4) is 0 Å². The minimum atomic E-state index is -4.42. The van der Waals surface area contributed by atoms with Gasteiger partial charge in [-0.2, -0.15) is 22.2 Å². The maximum absolute atomic E-state index is 12.7. The van der Waals surface area contributed by atoms with Crippen LogP contribution in [-0.4, -0.2) is 26.5 Å². The molecule has 0 N–H and O–H groups in total. The first-order valence-corrected chi connectivity index (χ1v) is 12.2. The Morgan fingerprint density at radius 2 is 1.56 bits per heavy atom. The summed E-state index contributed by atoms with van der Waals surface area (Å²) in [5, 5.41) is 2.46. The van der Waals surface area contributed by atoms with E-state index in [-0.39, 0.29) is 0 Å². The van der Waals surface area contributed by atoms with E-state index < -0.39 is 27.3 Å². The Hall–Kier alpha value is -1.08. The van der Waals surface area contributed by atoms with Gasteiger partial charge in [-0.05, 0) is 39.3 Å². The van der Waals surface area contributed by atoms with Crippen LogP contribution in [0.5, 0.6) is 0 Å². The smallest absolute Gasteiger partial charge is 0.306 e. The second-order valence-electron chi connectivity index (χ2n) is 7.54. The lowest BCUT2D eigenvalue weighted by atomic mass is 10.2. The van der Waals surface area contributed by atoms with E-state index in [1.54, 1.807) is 12.1 Å². The molecule has 0 spiro atoms. The van der Waals surface area contributed by atoms with Crippen LogP contribution in [-0.2, 0) is 6.54 Å². The van der Waals surface area contributed by atoms with Crippen molar-refractivity contribution in [2.24, 2.45) is 0 Å². The quantitative estimate of drug-likeness (QED) is 0.492. The lowest BCUT2D eigenvalue weighted by Crippen LogP contribution is -2.27. The highest BCUT2D eigenvalue weighted by atomic mass is 33.2.